The minimum Gasteiger partial charge on any atom is -0.454 e. The van der Waals surface area contributed by atoms with Crippen LogP contribution >= 0.6 is 15.9 Å². The third-order valence-corrected chi connectivity index (χ3v) is 3.30. The summed E-state index contributed by atoms with van der Waals surface area (Å²) < 4.78 is 7.54. The number of anilines is 1. The number of rotatable bonds is 4. The van der Waals surface area contributed by atoms with E-state index in [4.69, 9.17) is 10.5 Å². The molecule has 0 radical (unpaired) electrons. The zero-order chi connectivity index (χ0) is 14.7. The topological polar surface area (TPSA) is 83.0 Å². The zero-order valence-electron chi connectivity index (χ0n) is 11.3. The van der Waals surface area contributed by atoms with E-state index in [1.165, 1.54) is 4.68 Å². The Morgan fingerprint density at radius 3 is 2.80 bits per heavy atom. The summed E-state index contributed by atoms with van der Waals surface area (Å²) in [4.78, 5) is 16.2. The van der Waals surface area contributed by atoms with E-state index in [1.54, 1.807) is 19.3 Å². The molecule has 0 spiro atoms. The molecule has 20 heavy (non-hydrogen) atoms. The summed E-state index contributed by atoms with van der Waals surface area (Å²) >= 11 is 3.29. The molecule has 0 atom stereocenters. The summed E-state index contributed by atoms with van der Waals surface area (Å²) in [5.74, 6) is -0.498. The number of esters is 1. The fraction of sp³-hybridized carbons (Fsp3) is 0.308. The Labute approximate surface area is 125 Å². The Hall–Kier alpha value is -1.89. The number of nitrogens with two attached hydrogens (primary N) is 1. The minimum atomic E-state index is -0.498. The molecular formula is C13H15BrN4O2. The number of carbonyl (C=O) groups excluding carboxylic acids is 1. The van der Waals surface area contributed by atoms with Gasteiger partial charge in [-0.2, -0.15) is 5.10 Å². The van der Waals surface area contributed by atoms with Crippen molar-refractivity contribution in [3.63, 3.8) is 0 Å². The third-order valence-electron chi connectivity index (χ3n) is 2.83. The lowest BCUT2D eigenvalue weighted by Gasteiger charge is -2.05. The normalized spacial score (nSPS) is 10.6. The third kappa shape index (κ3) is 2.98. The highest BCUT2D eigenvalue weighted by Gasteiger charge is 2.20. The number of aryl methyl sites for hydroxylation is 2. The van der Waals surface area contributed by atoms with Crippen LogP contribution in [0.1, 0.15) is 28.8 Å². The molecule has 6 nitrogen and oxygen atoms in total. The van der Waals surface area contributed by atoms with Crippen LogP contribution in [0.25, 0.3) is 0 Å². The number of aromatic nitrogens is 3. The summed E-state index contributed by atoms with van der Waals surface area (Å²) in [5.41, 5.74) is 7.91. The Kier molecular flexibility index (Phi) is 4.39. The van der Waals surface area contributed by atoms with Crippen LogP contribution in [-0.2, 0) is 24.8 Å². The first-order valence-electron chi connectivity index (χ1n) is 6.11. The first-order valence-corrected chi connectivity index (χ1v) is 6.91. The van der Waals surface area contributed by atoms with Gasteiger partial charge in [0.15, 0.2) is 5.69 Å². The lowest BCUT2D eigenvalue weighted by molar-refractivity contribution is 0.0456. The largest absolute Gasteiger partial charge is 0.454 e. The van der Waals surface area contributed by atoms with E-state index in [0.717, 1.165) is 4.47 Å². The second-order valence-electron chi connectivity index (χ2n) is 4.23. The summed E-state index contributed by atoms with van der Waals surface area (Å²) in [5, 5.41) is 4.19. The number of ether oxygens (including phenoxy) is 1. The highest BCUT2D eigenvalue weighted by atomic mass is 79.9. The maximum Gasteiger partial charge on any atom is 0.359 e. The molecule has 7 heteroatoms. The summed E-state index contributed by atoms with van der Waals surface area (Å²) in [6.07, 6.45) is 2.32. The van der Waals surface area contributed by atoms with Crippen LogP contribution in [0.15, 0.2) is 22.8 Å². The summed E-state index contributed by atoms with van der Waals surface area (Å²) in [6.45, 7) is 2.03. The lowest BCUT2D eigenvalue weighted by Crippen LogP contribution is -2.13. The van der Waals surface area contributed by atoms with Gasteiger partial charge in [-0.25, -0.2) is 4.79 Å². The quantitative estimate of drug-likeness (QED) is 0.863. The van der Waals surface area contributed by atoms with Crippen LogP contribution in [0.3, 0.4) is 0 Å². The molecule has 0 bridgehead atoms. The van der Waals surface area contributed by atoms with Crippen molar-refractivity contribution in [2.24, 2.45) is 7.05 Å². The van der Waals surface area contributed by atoms with Gasteiger partial charge in [0.25, 0.3) is 0 Å². The predicted octanol–water partition coefficient (Wildman–Crippen LogP) is 2.08. The molecule has 2 aromatic heterocycles. The van der Waals surface area contributed by atoms with E-state index in [9.17, 15) is 4.79 Å². The van der Waals surface area contributed by atoms with Gasteiger partial charge in [0.1, 0.15) is 6.61 Å². The van der Waals surface area contributed by atoms with Crippen molar-refractivity contribution in [2.75, 3.05) is 5.73 Å². The summed E-state index contributed by atoms with van der Waals surface area (Å²) in [7, 11) is 1.67. The number of nitrogens with zero attached hydrogens (tertiary/aromatic N) is 3. The van der Waals surface area contributed by atoms with Crippen molar-refractivity contribution >= 4 is 27.6 Å². The molecule has 2 aromatic rings. The number of hydrogen-bond donors (Lipinski definition) is 1. The van der Waals surface area contributed by atoms with Gasteiger partial charge in [-0.1, -0.05) is 6.92 Å². The predicted molar refractivity (Wildman–Crippen MR) is 78.1 cm³/mol. The molecule has 0 aromatic carbocycles. The van der Waals surface area contributed by atoms with Crippen molar-refractivity contribution in [1.29, 1.82) is 0 Å². The maximum absolute atomic E-state index is 12.1. The number of hydrogen-bond acceptors (Lipinski definition) is 5. The summed E-state index contributed by atoms with van der Waals surface area (Å²) in [6, 6.07) is 3.62. The molecule has 0 saturated heterocycles. The average molecular weight is 339 g/mol. The van der Waals surface area contributed by atoms with Crippen molar-refractivity contribution < 1.29 is 9.53 Å². The van der Waals surface area contributed by atoms with E-state index < -0.39 is 5.97 Å². The molecular weight excluding hydrogens is 324 g/mol. The van der Waals surface area contributed by atoms with E-state index in [2.05, 4.69) is 26.0 Å². The number of halogens is 1. The van der Waals surface area contributed by atoms with E-state index in [1.807, 2.05) is 13.0 Å². The molecule has 0 aliphatic carbocycles. The number of carbonyl (C=O) groups is 1. The molecule has 0 saturated carbocycles. The van der Waals surface area contributed by atoms with Gasteiger partial charge in [-0.15, -0.1) is 0 Å². The molecule has 0 unspecified atom stereocenters. The van der Waals surface area contributed by atoms with Gasteiger partial charge in [0.2, 0.25) is 0 Å². The molecule has 0 amide bonds. The molecule has 0 aliphatic heterocycles. The monoisotopic (exact) mass is 338 g/mol. The molecule has 106 valence electrons. The number of nitrogen functional groups attached to an aromatic ring is 1. The fourth-order valence-corrected chi connectivity index (χ4v) is 2.03. The molecule has 2 N–H and O–H groups in total. The average Bonchev–Trinajstić information content (AvgIpc) is 2.72. The van der Waals surface area contributed by atoms with Crippen LogP contribution in [0.5, 0.6) is 0 Å². The van der Waals surface area contributed by atoms with Gasteiger partial charge in [0, 0.05) is 17.7 Å². The SMILES string of the molecule is CCc1nn(C)c(C(=O)OCc2ccc(Br)cn2)c1N. The van der Waals surface area contributed by atoms with Crippen LogP contribution in [0.4, 0.5) is 5.69 Å². The maximum atomic E-state index is 12.1. The Morgan fingerprint density at radius 1 is 1.50 bits per heavy atom. The van der Waals surface area contributed by atoms with Crippen molar-refractivity contribution in [1.82, 2.24) is 14.8 Å². The van der Waals surface area contributed by atoms with Gasteiger partial charge >= 0.3 is 5.97 Å². The van der Waals surface area contributed by atoms with Crippen molar-refractivity contribution in [3.8, 4) is 0 Å². The van der Waals surface area contributed by atoms with Crippen LogP contribution in [-0.4, -0.2) is 20.7 Å². The van der Waals surface area contributed by atoms with Crippen LogP contribution in [0, 0.1) is 0 Å². The molecule has 2 heterocycles. The van der Waals surface area contributed by atoms with Gasteiger partial charge < -0.3 is 10.5 Å². The fourth-order valence-electron chi connectivity index (χ4n) is 1.80. The van der Waals surface area contributed by atoms with Gasteiger partial charge in [0.05, 0.1) is 17.1 Å². The Balaban J connectivity index is 2.09. The van der Waals surface area contributed by atoms with Crippen molar-refractivity contribution in [2.45, 2.75) is 20.0 Å². The van der Waals surface area contributed by atoms with E-state index in [0.29, 0.717) is 23.5 Å². The van der Waals surface area contributed by atoms with Crippen molar-refractivity contribution in [3.05, 3.63) is 39.9 Å². The smallest absolute Gasteiger partial charge is 0.359 e. The standard InChI is InChI=1S/C13H15BrN4O2/c1-3-10-11(15)12(18(2)17-10)13(19)20-7-9-5-4-8(14)6-16-9/h4-6H,3,7,15H2,1-2H3. The van der Waals surface area contributed by atoms with Crippen LogP contribution < -0.4 is 5.73 Å². The number of pyridine rings is 1. The Morgan fingerprint density at radius 2 is 2.25 bits per heavy atom. The molecule has 2 rings (SSSR count). The zero-order valence-corrected chi connectivity index (χ0v) is 12.8. The second kappa shape index (κ2) is 6.04. The minimum absolute atomic E-state index is 0.0954. The van der Waals surface area contributed by atoms with E-state index in [-0.39, 0.29) is 12.3 Å². The molecule has 0 fully saturated rings. The van der Waals surface area contributed by atoms with Gasteiger partial charge in [-0.3, -0.25) is 9.67 Å². The van der Waals surface area contributed by atoms with E-state index >= 15 is 0 Å². The van der Waals surface area contributed by atoms with Gasteiger partial charge in [-0.05, 0) is 34.5 Å². The van der Waals surface area contributed by atoms with Crippen LogP contribution in [0.2, 0.25) is 0 Å². The Bertz CT molecular complexity index is 622. The highest BCUT2D eigenvalue weighted by Crippen LogP contribution is 2.18. The first kappa shape index (κ1) is 14.5. The second-order valence-corrected chi connectivity index (χ2v) is 5.15. The molecule has 0 aliphatic rings. The first-order chi connectivity index (χ1) is 9.52. The highest BCUT2D eigenvalue weighted by molar-refractivity contribution is 9.10. The lowest BCUT2D eigenvalue weighted by atomic mass is 10.2.